The van der Waals surface area contributed by atoms with Gasteiger partial charge in [0.15, 0.2) is 5.65 Å². The summed E-state index contributed by atoms with van der Waals surface area (Å²) in [6.45, 7) is 5.01. The Morgan fingerprint density at radius 3 is 2.37 bits per heavy atom. The van der Waals surface area contributed by atoms with E-state index in [-0.39, 0.29) is 11.6 Å². The number of nitrogens with one attached hydrogen (secondary N) is 1. The highest BCUT2D eigenvalue weighted by Gasteiger charge is 2.37. The normalized spacial score (nSPS) is 15.5. The van der Waals surface area contributed by atoms with Crippen molar-refractivity contribution in [1.29, 1.82) is 0 Å². The molecule has 1 saturated heterocycles. The van der Waals surface area contributed by atoms with Gasteiger partial charge in [0.05, 0.1) is 0 Å². The first-order valence-electron chi connectivity index (χ1n) is 9.43. The maximum Gasteiger partial charge on any atom is 0.453 e. The first kappa shape index (κ1) is 20.1. The van der Waals surface area contributed by atoms with Crippen LogP contribution in [0.1, 0.15) is 18.3 Å². The highest BCUT2D eigenvalue weighted by atomic mass is 19.4. The standard InChI is InChI=1S/C19H20F3N7O/c1-13(30)23-15-4-2-14(3-5-15)12-27-8-10-28(11-9-27)17-7-6-16-24-25-18(19(20,21)22)29(16)26-17/h2-7H,8-12H2,1H3,(H,23,30). The third kappa shape index (κ3) is 4.35. The van der Waals surface area contributed by atoms with Crippen molar-refractivity contribution in [3.05, 3.63) is 47.8 Å². The predicted octanol–water partition coefficient (Wildman–Crippen LogP) is 2.42. The maximum atomic E-state index is 13.1. The molecule has 3 heterocycles. The molecule has 0 saturated carbocycles. The second kappa shape index (κ2) is 7.90. The van der Waals surface area contributed by atoms with Gasteiger partial charge < -0.3 is 10.2 Å². The molecule has 1 fully saturated rings. The van der Waals surface area contributed by atoms with Crippen LogP contribution in [-0.2, 0) is 17.5 Å². The first-order chi connectivity index (χ1) is 14.3. The quantitative estimate of drug-likeness (QED) is 0.700. The number of fused-ring (bicyclic) bond motifs is 1. The van der Waals surface area contributed by atoms with E-state index in [1.807, 2.05) is 29.2 Å². The number of alkyl halides is 3. The second-order valence-corrected chi connectivity index (χ2v) is 7.12. The molecule has 4 rings (SSSR count). The molecule has 1 aromatic carbocycles. The summed E-state index contributed by atoms with van der Waals surface area (Å²) in [6, 6.07) is 10.8. The van der Waals surface area contributed by atoms with Crippen molar-refractivity contribution >= 4 is 23.1 Å². The average Bonchev–Trinajstić information content (AvgIpc) is 3.13. The van der Waals surface area contributed by atoms with Crippen LogP contribution in [0.3, 0.4) is 0 Å². The first-order valence-corrected chi connectivity index (χ1v) is 9.43. The molecular weight excluding hydrogens is 399 g/mol. The zero-order valence-corrected chi connectivity index (χ0v) is 16.2. The minimum atomic E-state index is -4.61. The van der Waals surface area contributed by atoms with Crippen molar-refractivity contribution in [1.82, 2.24) is 24.7 Å². The maximum absolute atomic E-state index is 13.1. The second-order valence-electron chi connectivity index (χ2n) is 7.12. The predicted molar refractivity (Wildman–Crippen MR) is 104 cm³/mol. The van der Waals surface area contributed by atoms with Gasteiger partial charge >= 0.3 is 6.18 Å². The van der Waals surface area contributed by atoms with E-state index < -0.39 is 12.0 Å². The Labute approximate surface area is 170 Å². The molecule has 30 heavy (non-hydrogen) atoms. The van der Waals surface area contributed by atoms with Crippen molar-refractivity contribution in [3.8, 4) is 0 Å². The van der Waals surface area contributed by atoms with Gasteiger partial charge in [-0.3, -0.25) is 9.69 Å². The molecule has 0 aliphatic carbocycles. The molecule has 0 bridgehead atoms. The fourth-order valence-corrected chi connectivity index (χ4v) is 3.41. The monoisotopic (exact) mass is 419 g/mol. The van der Waals surface area contributed by atoms with Crippen molar-refractivity contribution in [2.45, 2.75) is 19.6 Å². The molecule has 0 spiro atoms. The number of hydrogen-bond donors (Lipinski definition) is 1. The number of anilines is 2. The lowest BCUT2D eigenvalue weighted by Crippen LogP contribution is -2.46. The molecule has 1 N–H and O–H groups in total. The number of aromatic nitrogens is 4. The van der Waals surface area contributed by atoms with Crippen LogP contribution in [0.15, 0.2) is 36.4 Å². The van der Waals surface area contributed by atoms with E-state index in [0.717, 1.165) is 35.4 Å². The highest BCUT2D eigenvalue weighted by Crippen LogP contribution is 2.28. The smallest absolute Gasteiger partial charge is 0.353 e. The van der Waals surface area contributed by atoms with Crippen LogP contribution in [0.4, 0.5) is 24.7 Å². The van der Waals surface area contributed by atoms with Crippen LogP contribution in [0.25, 0.3) is 5.65 Å². The summed E-state index contributed by atoms with van der Waals surface area (Å²) in [7, 11) is 0. The van der Waals surface area contributed by atoms with Gasteiger partial charge in [0.1, 0.15) is 5.82 Å². The lowest BCUT2D eigenvalue weighted by atomic mass is 10.1. The Morgan fingerprint density at radius 1 is 1.03 bits per heavy atom. The number of amides is 1. The van der Waals surface area contributed by atoms with E-state index in [2.05, 4.69) is 25.5 Å². The number of nitrogens with zero attached hydrogens (tertiary/aromatic N) is 6. The van der Waals surface area contributed by atoms with E-state index in [9.17, 15) is 18.0 Å². The Morgan fingerprint density at radius 2 is 1.73 bits per heavy atom. The fourth-order valence-electron chi connectivity index (χ4n) is 3.41. The highest BCUT2D eigenvalue weighted by molar-refractivity contribution is 5.88. The lowest BCUT2D eigenvalue weighted by Gasteiger charge is -2.35. The number of benzene rings is 1. The van der Waals surface area contributed by atoms with Crippen LogP contribution in [0.2, 0.25) is 0 Å². The van der Waals surface area contributed by atoms with Gasteiger partial charge in [0.25, 0.3) is 5.82 Å². The molecule has 2 aromatic heterocycles. The molecule has 158 valence electrons. The third-order valence-electron chi connectivity index (χ3n) is 4.88. The number of piperazine rings is 1. The van der Waals surface area contributed by atoms with Crippen LogP contribution in [-0.4, -0.2) is 56.8 Å². The van der Waals surface area contributed by atoms with Gasteiger partial charge in [-0.05, 0) is 29.8 Å². The van der Waals surface area contributed by atoms with E-state index >= 15 is 0 Å². The Balaban J connectivity index is 1.39. The van der Waals surface area contributed by atoms with E-state index in [1.165, 1.54) is 13.0 Å². The van der Waals surface area contributed by atoms with Gasteiger partial charge in [0.2, 0.25) is 5.91 Å². The zero-order valence-electron chi connectivity index (χ0n) is 16.2. The molecule has 0 unspecified atom stereocenters. The van der Waals surface area contributed by atoms with Crippen LogP contribution >= 0.6 is 0 Å². The molecule has 0 radical (unpaired) electrons. The number of carbonyl (C=O) groups excluding carboxylic acids is 1. The van der Waals surface area contributed by atoms with Gasteiger partial charge in [-0.1, -0.05) is 12.1 Å². The number of hydrogen-bond acceptors (Lipinski definition) is 6. The average molecular weight is 419 g/mol. The van der Waals surface area contributed by atoms with E-state index in [1.54, 1.807) is 6.07 Å². The summed E-state index contributed by atoms with van der Waals surface area (Å²) in [5, 5.41) is 13.6. The molecular formula is C19H20F3N7O. The molecule has 8 nitrogen and oxygen atoms in total. The number of rotatable bonds is 4. The Kier molecular flexibility index (Phi) is 5.29. The molecule has 0 atom stereocenters. The fraction of sp³-hybridized carbons (Fsp3) is 0.368. The summed E-state index contributed by atoms with van der Waals surface area (Å²) < 4.78 is 39.9. The largest absolute Gasteiger partial charge is 0.453 e. The van der Waals surface area contributed by atoms with E-state index in [4.69, 9.17) is 0 Å². The molecule has 1 aliphatic heterocycles. The minimum Gasteiger partial charge on any atom is -0.353 e. The minimum absolute atomic E-state index is 0.0624. The van der Waals surface area contributed by atoms with Crippen LogP contribution < -0.4 is 10.2 Å². The van der Waals surface area contributed by atoms with Crippen molar-refractivity contribution in [2.24, 2.45) is 0 Å². The van der Waals surface area contributed by atoms with Gasteiger partial charge in [-0.25, -0.2) is 0 Å². The lowest BCUT2D eigenvalue weighted by molar-refractivity contribution is -0.146. The molecule has 3 aromatic rings. The SMILES string of the molecule is CC(=O)Nc1ccc(CN2CCN(c3ccc4nnc(C(F)(F)F)n4n3)CC2)cc1. The van der Waals surface area contributed by atoms with Crippen molar-refractivity contribution in [2.75, 3.05) is 36.4 Å². The molecule has 11 heteroatoms. The summed E-state index contributed by atoms with van der Waals surface area (Å²) >= 11 is 0. The van der Waals surface area contributed by atoms with Crippen molar-refractivity contribution in [3.63, 3.8) is 0 Å². The van der Waals surface area contributed by atoms with Crippen LogP contribution in [0, 0.1) is 0 Å². The van der Waals surface area contributed by atoms with Gasteiger partial charge in [0, 0.05) is 45.3 Å². The third-order valence-corrected chi connectivity index (χ3v) is 4.88. The summed E-state index contributed by atoms with van der Waals surface area (Å²) in [4.78, 5) is 15.3. The molecule has 1 aliphatic rings. The Bertz CT molecular complexity index is 1040. The Hall–Kier alpha value is -3.21. The zero-order chi connectivity index (χ0) is 21.3. The summed E-state index contributed by atoms with van der Waals surface area (Å²) in [5.41, 5.74) is 1.94. The van der Waals surface area contributed by atoms with Gasteiger partial charge in [-0.15, -0.1) is 15.3 Å². The summed E-state index contributed by atoms with van der Waals surface area (Å²) in [5.74, 6) is -0.771. The molecule has 1 amide bonds. The van der Waals surface area contributed by atoms with Crippen LogP contribution in [0.5, 0.6) is 0 Å². The summed E-state index contributed by atoms with van der Waals surface area (Å²) in [6.07, 6.45) is -4.61. The number of carbonyl (C=O) groups is 1. The number of halogens is 3. The van der Waals surface area contributed by atoms with E-state index in [0.29, 0.717) is 18.9 Å². The topological polar surface area (TPSA) is 78.7 Å². The van der Waals surface area contributed by atoms with Gasteiger partial charge in [-0.2, -0.15) is 17.7 Å². The van der Waals surface area contributed by atoms with Crippen molar-refractivity contribution < 1.29 is 18.0 Å².